The zero-order chi connectivity index (χ0) is 18.3. The number of aromatic nitrogens is 2. The van der Waals surface area contributed by atoms with Crippen molar-refractivity contribution in [2.75, 3.05) is 5.32 Å². The largest absolute Gasteiger partial charge is 0.306 e. The Hall–Kier alpha value is -2.31. The molecule has 0 radical (unpaired) electrons. The van der Waals surface area contributed by atoms with E-state index in [-0.39, 0.29) is 10.6 Å². The Morgan fingerprint density at radius 3 is 2.73 bits per heavy atom. The molecule has 2 heterocycles. The number of anilines is 1. The van der Waals surface area contributed by atoms with Crippen molar-refractivity contribution in [1.29, 1.82) is 0 Å². The highest BCUT2D eigenvalue weighted by atomic mass is 35.5. The molecule has 3 aromatic rings. The number of hydrogen-bond acceptors (Lipinski definition) is 3. The van der Waals surface area contributed by atoms with Crippen LogP contribution in [0.2, 0.25) is 5.02 Å². The molecule has 1 aliphatic rings. The molecule has 2 aromatic carbocycles. The first-order valence-electron chi connectivity index (χ1n) is 8.05. The predicted octanol–water partition coefficient (Wildman–Crippen LogP) is 4.97. The van der Waals surface area contributed by atoms with Gasteiger partial charge in [-0.2, -0.15) is 16.9 Å². The van der Waals surface area contributed by atoms with Crippen LogP contribution < -0.4 is 5.32 Å². The maximum Gasteiger partial charge on any atom is 0.261 e. The number of fused-ring (bicyclic) bond motifs is 1. The van der Waals surface area contributed by atoms with Gasteiger partial charge in [0.05, 0.1) is 22.0 Å². The van der Waals surface area contributed by atoms with Crippen LogP contribution in [0, 0.1) is 12.7 Å². The maximum atomic E-state index is 14.1. The topological polar surface area (TPSA) is 46.9 Å². The number of amides is 1. The molecule has 1 aliphatic heterocycles. The molecule has 1 amide bonds. The summed E-state index contributed by atoms with van der Waals surface area (Å²) in [6.07, 6.45) is 0. The Morgan fingerprint density at radius 1 is 1.23 bits per heavy atom. The van der Waals surface area contributed by atoms with Crippen molar-refractivity contribution in [3.63, 3.8) is 0 Å². The fraction of sp³-hybridized carbons (Fsp3) is 0.158. The maximum absolute atomic E-state index is 14.1. The lowest BCUT2D eigenvalue weighted by Gasteiger charge is -2.12. The lowest BCUT2D eigenvalue weighted by molar-refractivity contribution is 0.102. The molecule has 7 heteroatoms. The lowest BCUT2D eigenvalue weighted by atomic mass is 10.2. The first-order chi connectivity index (χ1) is 12.5. The number of rotatable bonds is 3. The summed E-state index contributed by atoms with van der Waals surface area (Å²) in [7, 11) is 0. The average molecular weight is 388 g/mol. The number of thioether (sulfide) groups is 1. The molecular weight excluding hydrogens is 373 g/mol. The van der Waals surface area contributed by atoms with Crippen molar-refractivity contribution in [3.05, 3.63) is 75.7 Å². The van der Waals surface area contributed by atoms with Crippen molar-refractivity contribution >= 4 is 35.1 Å². The molecule has 1 aromatic heterocycles. The van der Waals surface area contributed by atoms with Crippen LogP contribution in [0.4, 0.5) is 10.2 Å². The zero-order valence-corrected chi connectivity index (χ0v) is 15.5. The lowest BCUT2D eigenvalue weighted by Crippen LogP contribution is -2.18. The van der Waals surface area contributed by atoms with E-state index in [0.29, 0.717) is 5.82 Å². The Morgan fingerprint density at radius 2 is 2.00 bits per heavy atom. The van der Waals surface area contributed by atoms with E-state index < -0.39 is 11.7 Å². The van der Waals surface area contributed by atoms with E-state index in [9.17, 15) is 9.18 Å². The smallest absolute Gasteiger partial charge is 0.261 e. The Balaban J connectivity index is 1.76. The molecule has 0 saturated heterocycles. The number of carbonyl (C=O) groups is 1. The Bertz CT molecular complexity index is 981. The third-order valence-electron chi connectivity index (χ3n) is 4.25. The molecule has 0 fully saturated rings. The van der Waals surface area contributed by atoms with Crippen LogP contribution in [0.25, 0.3) is 5.69 Å². The van der Waals surface area contributed by atoms with E-state index in [0.717, 1.165) is 34.0 Å². The summed E-state index contributed by atoms with van der Waals surface area (Å²) >= 11 is 7.76. The van der Waals surface area contributed by atoms with Gasteiger partial charge in [0.15, 0.2) is 0 Å². The van der Waals surface area contributed by atoms with Gasteiger partial charge in [-0.3, -0.25) is 4.79 Å². The quantitative estimate of drug-likeness (QED) is 0.690. The summed E-state index contributed by atoms with van der Waals surface area (Å²) in [5.74, 6) is 0.876. The highest BCUT2D eigenvalue weighted by molar-refractivity contribution is 7.98. The summed E-state index contributed by atoms with van der Waals surface area (Å²) < 4.78 is 15.8. The Kier molecular flexibility index (Phi) is 4.46. The number of nitrogens with zero attached hydrogens (tertiary/aromatic N) is 2. The van der Waals surface area contributed by atoms with Crippen LogP contribution in [0.1, 0.15) is 27.2 Å². The van der Waals surface area contributed by atoms with Crippen LogP contribution in [-0.2, 0) is 11.5 Å². The monoisotopic (exact) mass is 387 g/mol. The summed E-state index contributed by atoms with van der Waals surface area (Å²) in [5.41, 5.74) is 3.71. The van der Waals surface area contributed by atoms with Crippen LogP contribution in [0.5, 0.6) is 0 Å². The second kappa shape index (κ2) is 6.78. The number of halogens is 2. The van der Waals surface area contributed by atoms with Gasteiger partial charge in [0.2, 0.25) is 0 Å². The molecule has 4 nitrogen and oxygen atoms in total. The molecule has 0 unspecified atom stereocenters. The van der Waals surface area contributed by atoms with E-state index >= 15 is 0 Å². The molecule has 4 rings (SSSR count). The van der Waals surface area contributed by atoms with E-state index in [1.165, 1.54) is 18.2 Å². The minimum Gasteiger partial charge on any atom is -0.306 e. The van der Waals surface area contributed by atoms with Crippen molar-refractivity contribution in [3.8, 4) is 5.69 Å². The normalized spacial score (nSPS) is 12.9. The molecule has 1 N–H and O–H groups in total. The van der Waals surface area contributed by atoms with Crippen molar-refractivity contribution in [1.82, 2.24) is 9.78 Å². The van der Waals surface area contributed by atoms with Gasteiger partial charge in [-0.05, 0) is 31.2 Å². The second-order valence-corrected chi connectivity index (χ2v) is 7.46. The van der Waals surface area contributed by atoms with Gasteiger partial charge in [0.1, 0.15) is 11.6 Å². The highest BCUT2D eigenvalue weighted by Crippen LogP contribution is 2.36. The fourth-order valence-corrected chi connectivity index (χ4v) is 4.18. The standard InChI is InChI=1S/C19H15ClFN3OS/c1-11-5-7-12(8-6-11)24-18(13-9-26-10-16(13)23-24)22-19(25)17-14(20)3-2-4-15(17)21/h2-8H,9-10H2,1H3,(H,22,25). The molecule has 26 heavy (non-hydrogen) atoms. The minimum atomic E-state index is -0.651. The number of hydrogen-bond donors (Lipinski definition) is 1. The van der Waals surface area contributed by atoms with Crippen LogP contribution in [0.15, 0.2) is 42.5 Å². The number of carbonyl (C=O) groups excluding carboxylic acids is 1. The van der Waals surface area contributed by atoms with Gasteiger partial charge in [0.25, 0.3) is 5.91 Å². The number of aryl methyl sites for hydroxylation is 1. The van der Waals surface area contributed by atoms with E-state index in [2.05, 4.69) is 10.4 Å². The molecule has 0 spiro atoms. The summed E-state index contributed by atoms with van der Waals surface area (Å²) in [6.45, 7) is 2.01. The van der Waals surface area contributed by atoms with Gasteiger partial charge in [-0.15, -0.1) is 0 Å². The first-order valence-corrected chi connectivity index (χ1v) is 9.59. The highest BCUT2D eigenvalue weighted by Gasteiger charge is 2.26. The van der Waals surface area contributed by atoms with E-state index in [1.54, 1.807) is 16.4 Å². The molecule has 0 atom stereocenters. The number of benzene rings is 2. The summed E-state index contributed by atoms with van der Waals surface area (Å²) in [5, 5.41) is 7.54. The third kappa shape index (κ3) is 2.99. The van der Waals surface area contributed by atoms with Gasteiger partial charge < -0.3 is 5.32 Å². The summed E-state index contributed by atoms with van der Waals surface area (Å²) in [6, 6.07) is 12.0. The zero-order valence-electron chi connectivity index (χ0n) is 13.9. The number of nitrogens with one attached hydrogen (secondary N) is 1. The van der Waals surface area contributed by atoms with Crippen LogP contribution >= 0.6 is 23.4 Å². The molecule has 132 valence electrons. The van der Waals surface area contributed by atoms with Crippen molar-refractivity contribution < 1.29 is 9.18 Å². The fourth-order valence-electron chi connectivity index (χ4n) is 2.90. The molecule has 0 aliphatic carbocycles. The third-order valence-corrected chi connectivity index (χ3v) is 5.54. The summed E-state index contributed by atoms with van der Waals surface area (Å²) in [4.78, 5) is 12.7. The van der Waals surface area contributed by atoms with Gasteiger partial charge in [-0.1, -0.05) is 35.4 Å². The molecular formula is C19H15ClFN3OS. The van der Waals surface area contributed by atoms with E-state index in [4.69, 9.17) is 11.6 Å². The van der Waals surface area contributed by atoms with Crippen LogP contribution in [0.3, 0.4) is 0 Å². The van der Waals surface area contributed by atoms with Gasteiger partial charge in [0, 0.05) is 17.1 Å². The SMILES string of the molecule is Cc1ccc(-n2nc3c(c2NC(=O)c2c(F)cccc2Cl)CSC3)cc1. The second-order valence-electron chi connectivity index (χ2n) is 6.06. The van der Waals surface area contributed by atoms with Crippen LogP contribution in [-0.4, -0.2) is 15.7 Å². The van der Waals surface area contributed by atoms with E-state index in [1.807, 2.05) is 31.2 Å². The van der Waals surface area contributed by atoms with Crippen molar-refractivity contribution in [2.24, 2.45) is 0 Å². The minimum absolute atomic E-state index is 0.0786. The van der Waals surface area contributed by atoms with Gasteiger partial charge >= 0.3 is 0 Å². The first kappa shape index (κ1) is 17.1. The average Bonchev–Trinajstić information content (AvgIpc) is 3.18. The molecule has 0 bridgehead atoms. The Labute approximate surface area is 159 Å². The predicted molar refractivity (Wildman–Crippen MR) is 103 cm³/mol. The van der Waals surface area contributed by atoms with Crippen molar-refractivity contribution in [2.45, 2.75) is 18.4 Å². The molecule has 0 saturated carbocycles. The van der Waals surface area contributed by atoms with Gasteiger partial charge in [-0.25, -0.2) is 9.07 Å².